The maximum Gasteiger partial charge on any atom is 0.343 e. The number of hydrogen-bond donors (Lipinski definition) is 0. The summed E-state index contributed by atoms with van der Waals surface area (Å²) in [6.07, 6.45) is 3.80. The lowest BCUT2D eigenvalue weighted by Gasteiger charge is -2.34. The van der Waals surface area contributed by atoms with E-state index in [1.165, 1.54) is 26.1 Å². The molecule has 0 bridgehead atoms. The highest BCUT2D eigenvalue weighted by Gasteiger charge is 2.35. The Morgan fingerprint density at radius 2 is 2.32 bits per heavy atom. The predicted molar refractivity (Wildman–Crippen MR) is 70.7 cm³/mol. The number of aromatic nitrogens is 1. The van der Waals surface area contributed by atoms with E-state index < -0.39 is 0 Å². The number of carbonyl (C=O) groups is 1. The smallest absolute Gasteiger partial charge is 0.343 e. The summed E-state index contributed by atoms with van der Waals surface area (Å²) in [5.41, 5.74) is 0.657. The molecule has 19 heavy (non-hydrogen) atoms. The van der Waals surface area contributed by atoms with Gasteiger partial charge < -0.3 is 9.26 Å². The van der Waals surface area contributed by atoms with Crippen LogP contribution >= 0.6 is 0 Å². The van der Waals surface area contributed by atoms with Gasteiger partial charge >= 0.3 is 5.97 Å². The summed E-state index contributed by atoms with van der Waals surface area (Å²) < 4.78 is 9.95. The third-order valence-corrected chi connectivity index (χ3v) is 3.76. The van der Waals surface area contributed by atoms with Gasteiger partial charge in [0, 0.05) is 6.04 Å². The number of methoxy groups -OCH3 is 1. The number of esters is 1. The highest BCUT2D eigenvalue weighted by atomic mass is 16.5. The molecule has 0 saturated carbocycles. The maximum absolute atomic E-state index is 11.6. The number of nitrogens with zero attached hydrogens (tertiary/aromatic N) is 2. The molecular formula is C14H22N2O3. The standard InChI is InChI=1S/C14H22N2O3/c1-14(2,3)12-6-5-7-16(12)9-11-10(8-15-19-11)13(17)18-4/h8,12H,5-7,9H2,1-4H3. The van der Waals surface area contributed by atoms with E-state index in [1.54, 1.807) is 0 Å². The zero-order valence-electron chi connectivity index (χ0n) is 12.1. The lowest BCUT2D eigenvalue weighted by atomic mass is 9.85. The molecule has 1 unspecified atom stereocenters. The SMILES string of the molecule is COC(=O)c1cnoc1CN1CCCC1C(C)(C)C. The lowest BCUT2D eigenvalue weighted by Crippen LogP contribution is -2.39. The van der Waals surface area contributed by atoms with Gasteiger partial charge in [-0.1, -0.05) is 25.9 Å². The summed E-state index contributed by atoms with van der Waals surface area (Å²) in [6.45, 7) is 8.39. The molecule has 1 aromatic heterocycles. The Morgan fingerprint density at radius 1 is 1.58 bits per heavy atom. The summed E-state index contributed by atoms with van der Waals surface area (Å²) in [5, 5.41) is 3.72. The van der Waals surface area contributed by atoms with E-state index in [4.69, 9.17) is 9.26 Å². The topological polar surface area (TPSA) is 55.6 Å². The monoisotopic (exact) mass is 266 g/mol. The summed E-state index contributed by atoms with van der Waals surface area (Å²) in [4.78, 5) is 14.0. The number of hydrogen-bond acceptors (Lipinski definition) is 5. The van der Waals surface area contributed by atoms with Crippen molar-refractivity contribution in [3.63, 3.8) is 0 Å². The van der Waals surface area contributed by atoms with Crippen LogP contribution in [0.15, 0.2) is 10.7 Å². The van der Waals surface area contributed by atoms with E-state index in [-0.39, 0.29) is 11.4 Å². The molecule has 1 aromatic rings. The molecule has 0 aromatic carbocycles. The fraction of sp³-hybridized carbons (Fsp3) is 0.714. The molecule has 0 aliphatic carbocycles. The Hall–Kier alpha value is -1.36. The Kier molecular flexibility index (Phi) is 3.94. The zero-order valence-corrected chi connectivity index (χ0v) is 12.1. The normalized spacial score (nSPS) is 20.7. The lowest BCUT2D eigenvalue weighted by molar-refractivity contribution is 0.0594. The summed E-state index contributed by atoms with van der Waals surface area (Å²) >= 11 is 0. The fourth-order valence-electron chi connectivity index (χ4n) is 2.83. The van der Waals surface area contributed by atoms with Crippen molar-refractivity contribution in [2.24, 2.45) is 5.41 Å². The first-order chi connectivity index (χ1) is 8.93. The Balaban J connectivity index is 2.13. The first kappa shape index (κ1) is 14.1. The quantitative estimate of drug-likeness (QED) is 0.787. The van der Waals surface area contributed by atoms with Gasteiger partial charge in [0.05, 0.1) is 19.9 Å². The van der Waals surface area contributed by atoms with Crippen LogP contribution < -0.4 is 0 Å². The second kappa shape index (κ2) is 5.33. The van der Waals surface area contributed by atoms with Gasteiger partial charge in [-0.05, 0) is 24.8 Å². The molecular weight excluding hydrogens is 244 g/mol. The van der Waals surface area contributed by atoms with Crippen molar-refractivity contribution in [2.45, 2.75) is 46.2 Å². The largest absolute Gasteiger partial charge is 0.465 e. The van der Waals surface area contributed by atoms with Gasteiger partial charge in [0.15, 0.2) is 5.76 Å². The van der Waals surface area contributed by atoms with Crippen LogP contribution in [-0.2, 0) is 11.3 Å². The van der Waals surface area contributed by atoms with Crippen LogP contribution in [0.25, 0.3) is 0 Å². The Morgan fingerprint density at radius 3 is 2.95 bits per heavy atom. The highest BCUT2D eigenvalue weighted by molar-refractivity contribution is 5.89. The molecule has 1 fully saturated rings. The summed E-state index contributed by atoms with van der Waals surface area (Å²) in [7, 11) is 1.37. The van der Waals surface area contributed by atoms with Crippen molar-refractivity contribution in [3.8, 4) is 0 Å². The minimum atomic E-state index is -0.386. The second-order valence-corrected chi connectivity index (χ2v) is 6.15. The zero-order chi connectivity index (χ0) is 14.0. The molecule has 1 atom stereocenters. The van der Waals surface area contributed by atoms with Gasteiger partial charge in [-0.25, -0.2) is 4.79 Å². The van der Waals surface area contributed by atoms with E-state index >= 15 is 0 Å². The molecule has 1 saturated heterocycles. The average Bonchev–Trinajstić information content (AvgIpc) is 2.96. The van der Waals surface area contributed by atoms with Crippen LogP contribution in [0.3, 0.4) is 0 Å². The van der Waals surface area contributed by atoms with Crippen molar-refractivity contribution in [2.75, 3.05) is 13.7 Å². The van der Waals surface area contributed by atoms with Crippen molar-refractivity contribution < 1.29 is 14.1 Å². The number of likely N-dealkylation sites (tertiary alicyclic amines) is 1. The number of ether oxygens (including phenoxy) is 1. The van der Waals surface area contributed by atoms with Crippen LogP contribution in [0, 0.1) is 5.41 Å². The van der Waals surface area contributed by atoms with Crippen molar-refractivity contribution in [1.82, 2.24) is 10.1 Å². The van der Waals surface area contributed by atoms with Crippen LogP contribution in [0.2, 0.25) is 0 Å². The molecule has 0 N–H and O–H groups in total. The van der Waals surface area contributed by atoms with E-state index in [1.807, 2.05) is 0 Å². The molecule has 2 heterocycles. The van der Waals surface area contributed by atoms with Gasteiger partial charge in [0.1, 0.15) is 5.56 Å². The summed E-state index contributed by atoms with van der Waals surface area (Å²) in [6, 6.07) is 0.503. The van der Waals surface area contributed by atoms with Crippen LogP contribution in [0.4, 0.5) is 0 Å². The molecule has 0 radical (unpaired) electrons. The highest BCUT2D eigenvalue weighted by Crippen LogP contribution is 2.33. The van der Waals surface area contributed by atoms with Crippen molar-refractivity contribution in [3.05, 3.63) is 17.5 Å². The first-order valence-corrected chi connectivity index (χ1v) is 6.69. The third-order valence-electron chi connectivity index (χ3n) is 3.76. The molecule has 0 amide bonds. The van der Waals surface area contributed by atoms with E-state index in [0.717, 1.165) is 6.54 Å². The molecule has 0 spiro atoms. The summed E-state index contributed by atoms with van der Waals surface area (Å²) in [5.74, 6) is 0.214. The van der Waals surface area contributed by atoms with E-state index in [9.17, 15) is 4.79 Å². The van der Waals surface area contributed by atoms with Crippen LogP contribution in [0.1, 0.15) is 49.7 Å². The fourth-order valence-corrected chi connectivity index (χ4v) is 2.83. The van der Waals surface area contributed by atoms with Crippen molar-refractivity contribution >= 4 is 5.97 Å². The van der Waals surface area contributed by atoms with Gasteiger partial charge in [-0.15, -0.1) is 0 Å². The number of rotatable bonds is 3. The minimum absolute atomic E-state index is 0.224. The molecule has 5 heteroatoms. The predicted octanol–water partition coefficient (Wildman–Crippen LogP) is 2.47. The minimum Gasteiger partial charge on any atom is -0.465 e. The number of carbonyl (C=O) groups excluding carboxylic acids is 1. The molecule has 2 rings (SSSR count). The third kappa shape index (κ3) is 2.97. The Bertz CT molecular complexity index is 448. The first-order valence-electron chi connectivity index (χ1n) is 6.69. The van der Waals surface area contributed by atoms with Gasteiger partial charge in [0.25, 0.3) is 0 Å². The molecule has 5 nitrogen and oxygen atoms in total. The van der Waals surface area contributed by atoms with Gasteiger partial charge in [-0.3, -0.25) is 4.90 Å². The van der Waals surface area contributed by atoms with Crippen molar-refractivity contribution in [1.29, 1.82) is 0 Å². The Labute approximate surface area is 113 Å². The molecule has 1 aliphatic rings. The van der Waals surface area contributed by atoms with E-state index in [0.29, 0.717) is 23.9 Å². The molecule has 1 aliphatic heterocycles. The van der Waals surface area contributed by atoms with Gasteiger partial charge in [-0.2, -0.15) is 0 Å². The molecule has 106 valence electrons. The second-order valence-electron chi connectivity index (χ2n) is 6.15. The maximum atomic E-state index is 11.6. The average molecular weight is 266 g/mol. The van der Waals surface area contributed by atoms with Gasteiger partial charge in [0.2, 0.25) is 0 Å². The van der Waals surface area contributed by atoms with Crippen LogP contribution in [0.5, 0.6) is 0 Å². The van der Waals surface area contributed by atoms with E-state index in [2.05, 4.69) is 30.8 Å². The van der Waals surface area contributed by atoms with Crippen LogP contribution in [-0.4, -0.2) is 35.7 Å².